The van der Waals surface area contributed by atoms with Crippen molar-refractivity contribution >= 4 is 6.21 Å². The summed E-state index contributed by atoms with van der Waals surface area (Å²) < 4.78 is 0. The van der Waals surface area contributed by atoms with Gasteiger partial charge < -0.3 is 5.11 Å². The molecule has 58 valence electrons. The van der Waals surface area contributed by atoms with Crippen molar-refractivity contribution in [3.8, 4) is 0 Å². The van der Waals surface area contributed by atoms with Gasteiger partial charge in [-0.15, -0.1) is 0 Å². The summed E-state index contributed by atoms with van der Waals surface area (Å²) in [6, 6.07) is 0. The van der Waals surface area contributed by atoms with E-state index in [2.05, 4.69) is 10.4 Å². The van der Waals surface area contributed by atoms with Gasteiger partial charge in [-0.1, -0.05) is 0 Å². The van der Waals surface area contributed by atoms with Crippen molar-refractivity contribution < 1.29 is 5.11 Å². The number of hydrazine groups is 1. The number of aliphatic imine (C=N–C) groups is 1. The van der Waals surface area contributed by atoms with Gasteiger partial charge in [0.25, 0.3) is 0 Å². The number of allylic oxidation sites excluding steroid dienone is 1. The fourth-order valence-corrected chi connectivity index (χ4v) is 1.16. The van der Waals surface area contributed by atoms with Crippen LogP contribution in [0.4, 0.5) is 0 Å². The molecule has 0 saturated heterocycles. The summed E-state index contributed by atoms with van der Waals surface area (Å²) in [5.41, 5.74) is 3.90. The SMILES string of the molecule is OCC1=CC=NC2=CCNN12. The number of nitrogens with zero attached hydrogens (tertiary/aromatic N) is 2. The molecule has 0 atom stereocenters. The standard InChI is InChI=1S/C7H9N3O/c11-5-6-1-3-8-7-2-4-9-10(6)7/h1-3,9,11H,4-5H2. The number of hydrogen-bond donors (Lipinski definition) is 2. The van der Waals surface area contributed by atoms with Crippen LogP contribution in [0.3, 0.4) is 0 Å². The molecule has 0 amide bonds. The zero-order valence-corrected chi connectivity index (χ0v) is 5.99. The fourth-order valence-electron chi connectivity index (χ4n) is 1.16. The van der Waals surface area contributed by atoms with E-state index in [1.807, 2.05) is 6.08 Å². The van der Waals surface area contributed by atoms with Gasteiger partial charge in [0.15, 0.2) is 0 Å². The van der Waals surface area contributed by atoms with Crippen LogP contribution >= 0.6 is 0 Å². The van der Waals surface area contributed by atoms with Gasteiger partial charge in [0, 0.05) is 12.8 Å². The molecule has 0 radical (unpaired) electrons. The van der Waals surface area contributed by atoms with Crippen molar-refractivity contribution in [3.63, 3.8) is 0 Å². The molecule has 4 nitrogen and oxygen atoms in total. The third-order valence-corrected chi connectivity index (χ3v) is 1.69. The van der Waals surface area contributed by atoms with Gasteiger partial charge >= 0.3 is 0 Å². The lowest BCUT2D eigenvalue weighted by molar-refractivity contribution is 0.252. The molecule has 2 rings (SSSR count). The van der Waals surface area contributed by atoms with Crippen LogP contribution in [-0.2, 0) is 0 Å². The maximum absolute atomic E-state index is 8.90. The Bertz CT molecular complexity index is 254. The third kappa shape index (κ3) is 0.961. The van der Waals surface area contributed by atoms with Crippen molar-refractivity contribution in [1.82, 2.24) is 10.4 Å². The van der Waals surface area contributed by atoms with Crippen molar-refractivity contribution in [1.29, 1.82) is 0 Å². The van der Waals surface area contributed by atoms with Crippen molar-refractivity contribution in [3.05, 3.63) is 23.7 Å². The van der Waals surface area contributed by atoms with Gasteiger partial charge in [-0.3, -0.25) is 5.01 Å². The highest BCUT2D eigenvalue weighted by Crippen LogP contribution is 2.17. The van der Waals surface area contributed by atoms with E-state index >= 15 is 0 Å². The van der Waals surface area contributed by atoms with E-state index < -0.39 is 0 Å². The quantitative estimate of drug-likeness (QED) is 0.536. The summed E-state index contributed by atoms with van der Waals surface area (Å²) in [4.78, 5) is 4.10. The molecular formula is C7H9N3O. The molecule has 2 heterocycles. The van der Waals surface area contributed by atoms with Crippen LogP contribution in [0.15, 0.2) is 28.7 Å². The van der Waals surface area contributed by atoms with E-state index in [9.17, 15) is 0 Å². The Labute approximate surface area is 64.5 Å². The van der Waals surface area contributed by atoms with Crippen LogP contribution in [0.5, 0.6) is 0 Å². The molecule has 0 aromatic rings. The number of aliphatic hydroxyl groups is 1. The summed E-state index contributed by atoms with van der Waals surface area (Å²) >= 11 is 0. The summed E-state index contributed by atoms with van der Waals surface area (Å²) in [6.07, 6.45) is 5.45. The summed E-state index contributed by atoms with van der Waals surface area (Å²) in [6.45, 7) is 0.820. The first-order valence-corrected chi connectivity index (χ1v) is 3.49. The molecule has 2 N–H and O–H groups in total. The molecule has 2 aliphatic rings. The summed E-state index contributed by atoms with van der Waals surface area (Å²) in [7, 11) is 0. The zero-order valence-electron chi connectivity index (χ0n) is 5.99. The van der Waals surface area contributed by atoms with Crippen LogP contribution in [0.1, 0.15) is 0 Å². The van der Waals surface area contributed by atoms with Crippen molar-refractivity contribution in [2.24, 2.45) is 4.99 Å². The van der Waals surface area contributed by atoms with Crippen molar-refractivity contribution in [2.75, 3.05) is 13.2 Å². The average Bonchev–Trinajstić information content (AvgIpc) is 2.50. The molecule has 0 aromatic heterocycles. The average molecular weight is 151 g/mol. The molecule has 0 spiro atoms. The Morgan fingerprint density at radius 3 is 3.45 bits per heavy atom. The highest BCUT2D eigenvalue weighted by atomic mass is 16.3. The minimum Gasteiger partial charge on any atom is -0.390 e. The molecule has 0 saturated carbocycles. The molecule has 0 aromatic carbocycles. The molecule has 2 aliphatic heterocycles. The van der Waals surface area contributed by atoms with E-state index in [-0.39, 0.29) is 6.61 Å². The van der Waals surface area contributed by atoms with Crippen LogP contribution in [0.2, 0.25) is 0 Å². The van der Waals surface area contributed by atoms with Gasteiger partial charge in [0.2, 0.25) is 0 Å². The number of aliphatic hydroxyl groups excluding tert-OH is 1. The van der Waals surface area contributed by atoms with Crippen LogP contribution in [-0.4, -0.2) is 29.5 Å². The molecule has 0 bridgehead atoms. The molecule has 11 heavy (non-hydrogen) atoms. The predicted octanol–water partition coefficient (Wildman–Crippen LogP) is -0.391. The number of hydrogen-bond acceptors (Lipinski definition) is 4. The van der Waals surface area contributed by atoms with Gasteiger partial charge in [-0.2, -0.15) is 0 Å². The van der Waals surface area contributed by atoms with E-state index in [1.54, 1.807) is 17.3 Å². The third-order valence-electron chi connectivity index (χ3n) is 1.69. The Balaban J connectivity index is 2.29. The smallest absolute Gasteiger partial charge is 0.144 e. The second-order valence-corrected chi connectivity index (χ2v) is 2.35. The minimum absolute atomic E-state index is 0.0381. The Hall–Kier alpha value is -1.13. The highest BCUT2D eigenvalue weighted by molar-refractivity contribution is 5.74. The molecular weight excluding hydrogens is 142 g/mol. The summed E-state index contributed by atoms with van der Waals surface area (Å²) in [5, 5.41) is 10.7. The lowest BCUT2D eigenvalue weighted by Gasteiger charge is -2.23. The largest absolute Gasteiger partial charge is 0.390 e. The molecule has 4 heteroatoms. The number of nitrogens with one attached hydrogen (secondary N) is 1. The Morgan fingerprint density at radius 2 is 2.64 bits per heavy atom. The lowest BCUT2D eigenvalue weighted by Crippen LogP contribution is -2.33. The van der Waals surface area contributed by atoms with E-state index in [1.165, 1.54) is 0 Å². The topological polar surface area (TPSA) is 47.9 Å². The van der Waals surface area contributed by atoms with E-state index in [0.29, 0.717) is 0 Å². The first-order valence-electron chi connectivity index (χ1n) is 3.49. The predicted molar refractivity (Wildman–Crippen MR) is 41.6 cm³/mol. The lowest BCUT2D eigenvalue weighted by atomic mass is 10.3. The summed E-state index contributed by atoms with van der Waals surface area (Å²) in [5.74, 6) is 0.872. The Morgan fingerprint density at radius 1 is 1.73 bits per heavy atom. The van der Waals surface area contributed by atoms with Gasteiger partial charge in [0.05, 0.1) is 12.3 Å². The number of fused-ring (bicyclic) bond motifs is 1. The maximum Gasteiger partial charge on any atom is 0.144 e. The Kier molecular flexibility index (Phi) is 1.48. The van der Waals surface area contributed by atoms with Gasteiger partial charge in [0.1, 0.15) is 5.82 Å². The molecule has 0 aliphatic carbocycles. The molecule has 0 unspecified atom stereocenters. The first kappa shape index (κ1) is 6.57. The number of rotatable bonds is 1. The van der Waals surface area contributed by atoms with Crippen molar-refractivity contribution in [2.45, 2.75) is 0 Å². The second-order valence-electron chi connectivity index (χ2n) is 2.35. The van der Waals surface area contributed by atoms with Crippen LogP contribution < -0.4 is 5.43 Å². The maximum atomic E-state index is 8.90. The van der Waals surface area contributed by atoms with Crippen LogP contribution in [0.25, 0.3) is 0 Å². The van der Waals surface area contributed by atoms with Gasteiger partial charge in [-0.25, -0.2) is 10.4 Å². The second kappa shape index (κ2) is 2.48. The normalized spacial score (nSPS) is 21.4. The first-order chi connectivity index (χ1) is 5.42. The van der Waals surface area contributed by atoms with E-state index in [4.69, 9.17) is 5.11 Å². The molecule has 0 fully saturated rings. The van der Waals surface area contributed by atoms with Crippen LogP contribution in [0, 0.1) is 0 Å². The highest BCUT2D eigenvalue weighted by Gasteiger charge is 2.18. The zero-order chi connectivity index (χ0) is 7.68. The monoisotopic (exact) mass is 151 g/mol. The fraction of sp³-hybridized carbons (Fsp3) is 0.286. The van der Waals surface area contributed by atoms with E-state index in [0.717, 1.165) is 18.1 Å². The minimum atomic E-state index is 0.0381. The van der Waals surface area contributed by atoms with Gasteiger partial charge in [-0.05, 0) is 12.2 Å².